The monoisotopic (exact) mass is 507 g/mol. The van der Waals surface area contributed by atoms with Gasteiger partial charge >= 0.3 is 5.97 Å². The molecule has 0 saturated carbocycles. The Morgan fingerprint density at radius 3 is 2.32 bits per heavy atom. The maximum absolute atomic E-state index is 13.6. The summed E-state index contributed by atoms with van der Waals surface area (Å²) in [5, 5.41) is 0. The zero-order valence-electron chi connectivity index (χ0n) is 21.1. The van der Waals surface area contributed by atoms with Gasteiger partial charge in [-0.2, -0.15) is 0 Å². The maximum atomic E-state index is 13.6. The number of esters is 1. The van der Waals surface area contributed by atoms with E-state index in [1.54, 1.807) is 30.5 Å². The number of aryl methyl sites for hydroxylation is 1. The fraction of sp³-hybridized carbons (Fsp3) is 0.125. The molecule has 4 aromatic rings. The first-order valence-electron chi connectivity index (χ1n) is 11.9. The maximum Gasteiger partial charge on any atom is 0.343 e. The summed E-state index contributed by atoms with van der Waals surface area (Å²) < 4.78 is 29.6. The molecular weight excluding hydrogens is 481 g/mol. The highest BCUT2D eigenvalue weighted by Crippen LogP contribution is 2.26. The molecule has 4 rings (SSSR count). The van der Waals surface area contributed by atoms with Crippen molar-refractivity contribution >= 4 is 11.5 Å². The van der Waals surface area contributed by atoms with Crippen molar-refractivity contribution in [2.24, 2.45) is 0 Å². The van der Waals surface area contributed by atoms with Crippen LogP contribution in [0.2, 0.25) is 0 Å². The second-order valence-electron chi connectivity index (χ2n) is 8.27. The quantitative estimate of drug-likeness (QED) is 0.217. The summed E-state index contributed by atoms with van der Waals surface area (Å²) in [6.45, 7) is 2.00. The third-order valence-corrected chi connectivity index (χ3v) is 5.61. The third-order valence-electron chi connectivity index (χ3n) is 5.61. The van der Waals surface area contributed by atoms with E-state index in [9.17, 15) is 9.18 Å². The average Bonchev–Trinajstić information content (AvgIpc) is 2.95. The lowest BCUT2D eigenvalue weighted by molar-refractivity contribution is -0.142. The molecule has 0 aliphatic heterocycles. The summed E-state index contributed by atoms with van der Waals surface area (Å²) in [5.74, 6) is 6.67. The van der Waals surface area contributed by atoms with E-state index >= 15 is 0 Å². The minimum absolute atomic E-state index is 0.158. The SMILES string of the molecule is COC(=O)COc1ccc(OC/C=C(/c2ccc(F)cc2)c2ccc(C#Cc3ccccn3)cc2)cc1C. The number of aromatic nitrogens is 1. The summed E-state index contributed by atoms with van der Waals surface area (Å²) >= 11 is 0. The number of benzene rings is 3. The molecule has 0 amide bonds. The zero-order chi connectivity index (χ0) is 26.7. The Labute approximate surface area is 221 Å². The van der Waals surface area contributed by atoms with E-state index in [2.05, 4.69) is 21.6 Å². The summed E-state index contributed by atoms with van der Waals surface area (Å²) in [7, 11) is 1.31. The van der Waals surface area contributed by atoms with E-state index < -0.39 is 5.97 Å². The van der Waals surface area contributed by atoms with Crippen LogP contribution in [0.3, 0.4) is 0 Å². The Morgan fingerprint density at radius 1 is 0.921 bits per heavy atom. The first kappa shape index (κ1) is 26.2. The summed E-state index contributed by atoms with van der Waals surface area (Å²) in [5.41, 5.74) is 5.12. The molecule has 0 aliphatic carbocycles. The minimum Gasteiger partial charge on any atom is -0.489 e. The van der Waals surface area contributed by atoms with E-state index in [4.69, 9.17) is 9.47 Å². The van der Waals surface area contributed by atoms with Gasteiger partial charge < -0.3 is 14.2 Å². The van der Waals surface area contributed by atoms with Crippen molar-refractivity contribution in [3.05, 3.63) is 131 Å². The van der Waals surface area contributed by atoms with E-state index in [1.807, 2.05) is 61.5 Å². The normalized spacial score (nSPS) is 10.8. The van der Waals surface area contributed by atoms with Gasteiger partial charge in [0.1, 0.15) is 29.6 Å². The summed E-state index contributed by atoms with van der Waals surface area (Å²) in [6, 6.07) is 25.2. The molecule has 190 valence electrons. The molecule has 6 heteroatoms. The Bertz CT molecular complexity index is 1470. The van der Waals surface area contributed by atoms with Crippen LogP contribution < -0.4 is 9.47 Å². The molecule has 0 N–H and O–H groups in total. The van der Waals surface area contributed by atoms with Crippen LogP contribution in [0.15, 0.2) is 97.2 Å². The molecule has 1 aromatic heterocycles. The van der Waals surface area contributed by atoms with Crippen LogP contribution in [0.4, 0.5) is 4.39 Å². The van der Waals surface area contributed by atoms with Gasteiger partial charge in [-0.25, -0.2) is 14.2 Å². The highest BCUT2D eigenvalue weighted by Gasteiger charge is 2.08. The number of ether oxygens (including phenoxy) is 3. The predicted octanol–water partition coefficient (Wildman–Crippen LogP) is 5.99. The number of hydrogen-bond acceptors (Lipinski definition) is 5. The highest BCUT2D eigenvalue weighted by molar-refractivity contribution is 5.80. The van der Waals surface area contributed by atoms with Crippen LogP contribution >= 0.6 is 0 Å². The Kier molecular flexibility index (Phi) is 8.88. The van der Waals surface area contributed by atoms with Crippen LogP contribution in [0.25, 0.3) is 5.57 Å². The molecule has 0 fully saturated rings. The van der Waals surface area contributed by atoms with Crippen molar-refractivity contribution in [2.75, 3.05) is 20.3 Å². The van der Waals surface area contributed by atoms with E-state index in [0.717, 1.165) is 27.8 Å². The molecule has 0 radical (unpaired) electrons. The van der Waals surface area contributed by atoms with Gasteiger partial charge in [-0.05, 0) is 95.8 Å². The molecule has 0 bridgehead atoms. The van der Waals surface area contributed by atoms with Crippen molar-refractivity contribution in [2.45, 2.75) is 6.92 Å². The van der Waals surface area contributed by atoms with Crippen molar-refractivity contribution in [1.29, 1.82) is 0 Å². The van der Waals surface area contributed by atoms with E-state index in [0.29, 0.717) is 17.2 Å². The number of halogens is 1. The Hall–Kier alpha value is -4.89. The lowest BCUT2D eigenvalue weighted by Gasteiger charge is -2.12. The Balaban J connectivity index is 1.50. The smallest absolute Gasteiger partial charge is 0.343 e. The predicted molar refractivity (Wildman–Crippen MR) is 144 cm³/mol. The highest BCUT2D eigenvalue weighted by atomic mass is 19.1. The average molecular weight is 508 g/mol. The van der Waals surface area contributed by atoms with Crippen molar-refractivity contribution < 1.29 is 23.4 Å². The van der Waals surface area contributed by atoms with Gasteiger partial charge in [0.25, 0.3) is 0 Å². The number of methoxy groups -OCH3 is 1. The second kappa shape index (κ2) is 12.9. The molecule has 5 nitrogen and oxygen atoms in total. The fourth-order valence-corrected chi connectivity index (χ4v) is 3.63. The van der Waals surface area contributed by atoms with Gasteiger partial charge in [0.2, 0.25) is 0 Å². The van der Waals surface area contributed by atoms with Crippen LogP contribution in [0.1, 0.15) is 27.9 Å². The molecule has 0 aliphatic rings. The standard InChI is InChI=1S/C32H26FNO4/c1-23-21-29(16-17-31(23)38-22-32(35)36-2)37-20-18-30(26-11-13-27(33)14-12-26)25-9-6-24(7-10-25)8-15-28-5-3-4-19-34-28/h3-7,9-14,16-19,21H,20,22H2,1-2H3/b30-18+. The molecule has 0 atom stereocenters. The Morgan fingerprint density at radius 2 is 1.66 bits per heavy atom. The van der Waals surface area contributed by atoms with Crippen molar-refractivity contribution in [1.82, 2.24) is 4.98 Å². The molecular formula is C32H26FNO4. The number of pyridine rings is 1. The molecule has 3 aromatic carbocycles. The van der Waals surface area contributed by atoms with Gasteiger partial charge in [-0.3, -0.25) is 0 Å². The van der Waals surface area contributed by atoms with Crippen LogP contribution in [-0.2, 0) is 9.53 Å². The third kappa shape index (κ3) is 7.31. The van der Waals surface area contributed by atoms with E-state index in [1.165, 1.54) is 19.2 Å². The fourth-order valence-electron chi connectivity index (χ4n) is 3.63. The van der Waals surface area contributed by atoms with Gasteiger partial charge in [-0.15, -0.1) is 0 Å². The molecule has 0 unspecified atom stereocenters. The summed E-state index contributed by atoms with van der Waals surface area (Å²) in [6.07, 6.45) is 3.67. The summed E-state index contributed by atoms with van der Waals surface area (Å²) in [4.78, 5) is 15.5. The van der Waals surface area contributed by atoms with E-state index in [-0.39, 0.29) is 19.0 Å². The number of carbonyl (C=O) groups excluding carboxylic acids is 1. The molecule has 0 saturated heterocycles. The van der Waals surface area contributed by atoms with Gasteiger partial charge in [0.15, 0.2) is 6.61 Å². The number of nitrogens with zero attached hydrogens (tertiary/aromatic N) is 1. The zero-order valence-corrected chi connectivity index (χ0v) is 21.1. The molecule has 1 heterocycles. The van der Waals surface area contributed by atoms with Gasteiger partial charge in [-0.1, -0.05) is 36.3 Å². The van der Waals surface area contributed by atoms with Gasteiger partial charge in [0.05, 0.1) is 7.11 Å². The number of carbonyl (C=O) groups is 1. The van der Waals surface area contributed by atoms with Gasteiger partial charge in [0, 0.05) is 11.8 Å². The van der Waals surface area contributed by atoms with Crippen LogP contribution in [0.5, 0.6) is 11.5 Å². The molecule has 38 heavy (non-hydrogen) atoms. The van der Waals surface area contributed by atoms with Crippen molar-refractivity contribution in [3.8, 4) is 23.3 Å². The minimum atomic E-state index is -0.448. The van der Waals surface area contributed by atoms with Crippen LogP contribution in [-0.4, -0.2) is 31.3 Å². The topological polar surface area (TPSA) is 57.7 Å². The largest absolute Gasteiger partial charge is 0.489 e. The lowest BCUT2D eigenvalue weighted by Crippen LogP contribution is -2.13. The second-order valence-corrected chi connectivity index (χ2v) is 8.27. The first-order chi connectivity index (χ1) is 18.5. The lowest BCUT2D eigenvalue weighted by atomic mass is 9.96. The van der Waals surface area contributed by atoms with Crippen molar-refractivity contribution in [3.63, 3.8) is 0 Å². The molecule has 0 spiro atoms. The van der Waals surface area contributed by atoms with Crippen LogP contribution in [0, 0.1) is 24.6 Å². The number of hydrogen-bond donors (Lipinski definition) is 0. The first-order valence-corrected chi connectivity index (χ1v) is 11.9. The number of rotatable bonds is 8.